The maximum absolute atomic E-state index is 14.0. The summed E-state index contributed by atoms with van der Waals surface area (Å²) in [5.41, 5.74) is 7.54. The molecule has 2 aliphatic heterocycles. The van der Waals surface area contributed by atoms with E-state index in [1.165, 1.54) is 13.2 Å². The SMILES string of the molecule is COc1ncc(F)cc1[C@H]1CCCN1c1ccn2nc(C[C@H]3COC(C)(C)O3)c(C(N)=O)c2n1. The maximum Gasteiger partial charge on any atom is 0.254 e. The van der Waals surface area contributed by atoms with Gasteiger partial charge < -0.3 is 24.8 Å². The van der Waals surface area contributed by atoms with Crippen LogP contribution in [0.4, 0.5) is 10.2 Å². The molecule has 3 aromatic heterocycles. The Hall–Kier alpha value is -3.31. The molecule has 3 aromatic rings. The second kappa shape index (κ2) is 8.48. The summed E-state index contributed by atoms with van der Waals surface area (Å²) in [4.78, 5) is 23.3. The van der Waals surface area contributed by atoms with Gasteiger partial charge in [-0.3, -0.25) is 4.79 Å². The molecule has 0 unspecified atom stereocenters. The molecule has 5 heterocycles. The van der Waals surface area contributed by atoms with Gasteiger partial charge in [0.05, 0.1) is 37.8 Å². The fourth-order valence-corrected chi connectivity index (χ4v) is 4.82. The number of nitrogens with two attached hydrogens (primary N) is 1. The number of rotatable bonds is 6. The first-order chi connectivity index (χ1) is 16.3. The highest BCUT2D eigenvalue weighted by molar-refractivity contribution is 6.00. The summed E-state index contributed by atoms with van der Waals surface area (Å²) in [7, 11) is 1.51. The van der Waals surface area contributed by atoms with Crippen molar-refractivity contribution >= 4 is 17.4 Å². The van der Waals surface area contributed by atoms with Crippen molar-refractivity contribution in [3.05, 3.63) is 47.2 Å². The van der Waals surface area contributed by atoms with E-state index in [9.17, 15) is 9.18 Å². The minimum Gasteiger partial charge on any atom is -0.481 e. The van der Waals surface area contributed by atoms with Gasteiger partial charge in [0.25, 0.3) is 5.91 Å². The third kappa shape index (κ3) is 4.05. The molecular weight excluding hydrogens is 443 g/mol. The second-order valence-electron chi connectivity index (χ2n) is 9.00. The van der Waals surface area contributed by atoms with Gasteiger partial charge in [0.1, 0.15) is 17.2 Å². The molecular formula is C23H27FN6O4. The van der Waals surface area contributed by atoms with Crippen LogP contribution in [0.2, 0.25) is 0 Å². The normalized spacial score (nSPS) is 21.9. The smallest absolute Gasteiger partial charge is 0.254 e. The van der Waals surface area contributed by atoms with Gasteiger partial charge in [-0.05, 0) is 38.8 Å². The van der Waals surface area contributed by atoms with Gasteiger partial charge >= 0.3 is 0 Å². The molecule has 180 valence electrons. The number of nitrogens with zero attached hydrogens (tertiary/aromatic N) is 5. The molecule has 2 fully saturated rings. The molecule has 2 atom stereocenters. The lowest BCUT2D eigenvalue weighted by atomic mass is 10.1. The Morgan fingerprint density at radius 2 is 2.24 bits per heavy atom. The largest absolute Gasteiger partial charge is 0.481 e. The standard InChI is InChI=1S/C23H27FN6O4/c1-23(2)33-12-14(34-23)10-16-19(20(25)31)21-27-18(6-8-30(21)28-16)29-7-4-5-17(29)15-9-13(24)11-26-22(15)32-3/h6,8-9,11,14,17H,4-5,7,10,12H2,1-3H3,(H2,25,31)/t14-,17+/m0/s1. The van der Waals surface area contributed by atoms with Gasteiger partial charge in [-0.15, -0.1) is 0 Å². The monoisotopic (exact) mass is 470 g/mol. The molecule has 2 aliphatic rings. The van der Waals surface area contributed by atoms with Crippen molar-refractivity contribution in [3.63, 3.8) is 0 Å². The van der Waals surface area contributed by atoms with E-state index < -0.39 is 17.5 Å². The molecule has 10 nitrogen and oxygen atoms in total. The lowest BCUT2D eigenvalue weighted by Gasteiger charge is -2.26. The number of hydrogen-bond donors (Lipinski definition) is 1. The molecule has 0 spiro atoms. The van der Waals surface area contributed by atoms with Gasteiger partial charge in [0.15, 0.2) is 11.4 Å². The summed E-state index contributed by atoms with van der Waals surface area (Å²) in [6.45, 7) is 4.80. The number of halogens is 1. The lowest BCUT2D eigenvalue weighted by Crippen LogP contribution is -2.25. The fourth-order valence-electron chi connectivity index (χ4n) is 4.82. The first-order valence-corrected chi connectivity index (χ1v) is 11.2. The van der Waals surface area contributed by atoms with Crippen LogP contribution < -0.4 is 15.4 Å². The van der Waals surface area contributed by atoms with Gasteiger partial charge in [-0.1, -0.05) is 0 Å². The van der Waals surface area contributed by atoms with Crippen LogP contribution in [0.1, 0.15) is 54.3 Å². The zero-order chi connectivity index (χ0) is 24.0. The van der Waals surface area contributed by atoms with Crippen LogP contribution in [0.3, 0.4) is 0 Å². The zero-order valence-corrected chi connectivity index (χ0v) is 19.3. The summed E-state index contributed by atoms with van der Waals surface area (Å²) in [6.07, 6.45) is 4.70. The Morgan fingerprint density at radius 3 is 2.94 bits per heavy atom. The Morgan fingerprint density at radius 1 is 1.41 bits per heavy atom. The number of hydrogen-bond acceptors (Lipinski definition) is 8. The highest BCUT2D eigenvalue weighted by atomic mass is 19.1. The van der Waals surface area contributed by atoms with E-state index in [0.29, 0.717) is 48.2 Å². The van der Waals surface area contributed by atoms with Crippen LogP contribution in [0.15, 0.2) is 24.5 Å². The molecule has 2 N–H and O–H groups in total. The van der Waals surface area contributed by atoms with E-state index in [1.807, 2.05) is 19.9 Å². The maximum atomic E-state index is 14.0. The fraction of sp³-hybridized carbons (Fsp3) is 0.478. The molecule has 1 amide bonds. The Kier molecular flexibility index (Phi) is 5.61. The number of aromatic nitrogens is 4. The first kappa shape index (κ1) is 22.5. The van der Waals surface area contributed by atoms with Crippen molar-refractivity contribution in [2.45, 2.75) is 51.0 Å². The molecule has 2 saturated heterocycles. The van der Waals surface area contributed by atoms with Crippen molar-refractivity contribution in [2.24, 2.45) is 5.73 Å². The predicted octanol–water partition coefficient (Wildman–Crippen LogP) is 2.41. The topological polar surface area (TPSA) is 117 Å². The number of methoxy groups -OCH3 is 1. The molecule has 0 saturated carbocycles. The number of fused-ring (bicyclic) bond motifs is 1. The van der Waals surface area contributed by atoms with Crippen molar-refractivity contribution in [2.75, 3.05) is 25.2 Å². The number of ether oxygens (including phenoxy) is 3. The van der Waals surface area contributed by atoms with Crippen molar-refractivity contribution in [1.82, 2.24) is 19.6 Å². The Balaban J connectivity index is 1.51. The summed E-state index contributed by atoms with van der Waals surface area (Å²) in [6, 6.07) is 3.10. The number of carbonyl (C=O) groups excluding carboxylic acids is 1. The minimum atomic E-state index is -0.681. The Bertz CT molecular complexity index is 1250. The number of anilines is 1. The predicted molar refractivity (Wildman–Crippen MR) is 120 cm³/mol. The molecule has 11 heteroatoms. The third-order valence-corrected chi connectivity index (χ3v) is 6.22. The zero-order valence-electron chi connectivity index (χ0n) is 19.3. The average Bonchev–Trinajstić information content (AvgIpc) is 3.49. The van der Waals surface area contributed by atoms with E-state index >= 15 is 0 Å². The summed E-state index contributed by atoms with van der Waals surface area (Å²) >= 11 is 0. The summed E-state index contributed by atoms with van der Waals surface area (Å²) in [5, 5.41) is 4.55. The van der Waals surface area contributed by atoms with Crippen molar-refractivity contribution in [1.29, 1.82) is 0 Å². The van der Waals surface area contributed by atoms with E-state index in [-0.39, 0.29) is 17.7 Å². The van der Waals surface area contributed by atoms with E-state index in [1.54, 1.807) is 10.7 Å². The van der Waals surface area contributed by atoms with Crippen LogP contribution in [0, 0.1) is 5.82 Å². The van der Waals surface area contributed by atoms with E-state index in [4.69, 9.17) is 24.9 Å². The number of pyridine rings is 1. The van der Waals surface area contributed by atoms with Gasteiger partial charge in [-0.25, -0.2) is 18.9 Å². The van der Waals surface area contributed by atoms with Crippen LogP contribution in [0.25, 0.3) is 5.65 Å². The molecule has 5 rings (SSSR count). The van der Waals surface area contributed by atoms with Crippen LogP contribution in [-0.4, -0.2) is 57.6 Å². The minimum absolute atomic E-state index is 0.168. The van der Waals surface area contributed by atoms with Gasteiger partial charge in [0, 0.05) is 24.7 Å². The third-order valence-electron chi connectivity index (χ3n) is 6.22. The quantitative estimate of drug-likeness (QED) is 0.584. The molecule has 0 radical (unpaired) electrons. The first-order valence-electron chi connectivity index (χ1n) is 11.2. The van der Waals surface area contributed by atoms with E-state index in [2.05, 4.69) is 15.0 Å². The molecule has 0 aromatic carbocycles. The van der Waals surface area contributed by atoms with Crippen LogP contribution >= 0.6 is 0 Å². The molecule has 34 heavy (non-hydrogen) atoms. The second-order valence-corrected chi connectivity index (χ2v) is 9.00. The summed E-state index contributed by atoms with van der Waals surface area (Å²) in [5.74, 6) is -0.701. The highest BCUT2D eigenvalue weighted by Gasteiger charge is 2.35. The Labute approximate surface area is 195 Å². The molecule has 0 bridgehead atoms. The number of amides is 1. The van der Waals surface area contributed by atoms with Crippen LogP contribution in [-0.2, 0) is 15.9 Å². The van der Waals surface area contributed by atoms with Crippen LogP contribution in [0.5, 0.6) is 5.88 Å². The lowest BCUT2D eigenvalue weighted by molar-refractivity contribution is -0.138. The summed E-state index contributed by atoms with van der Waals surface area (Å²) < 4.78 is 32.4. The highest BCUT2D eigenvalue weighted by Crippen LogP contribution is 2.39. The number of carbonyl (C=O) groups is 1. The number of primary amides is 1. The average molecular weight is 471 g/mol. The van der Waals surface area contributed by atoms with Gasteiger partial charge in [0.2, 0.25) is 5.88 Å². The van der Waals surface area contributed by atoms with Crippen molar-refractivity contribution < 1.29 is 23.4 Å². The van der Waals surface area contributed by atoms with Crippen molar-refractivity contribution in [3.8, 4) is 5.88 Å². The molecule has 0 aliphatic carbocycles. The van der Waals surface area contributed by atoms with E-state index in [0.717, 1.165) is 19.0 Å². The van der Waals surface area contributed by atoms with Gasteiger partial charge in [-0.2, -0.15) is 5.10 Å².